The number of nitrogens with one attached hydrogen (secondary N) is 1. The second kappa shape index (κ2) is 4.74. The minimum atomic E-state index is -0.511. The largest absolute Gasteiger partial charge is 0.508 e. The number of hydrogen-bond donors (Lipinski definition) is 3. The molecule has 4 rings (SSSR count). The van der Waals surface area contributed by atoms with Gasteiger partial charge in [0.15, 0.2) is 0 Å². The van der Waals surface area contributed by atoms with Crippen molar-refractivity contribution in [2.24, 2.45) is 0 Å². The van der Waals surface area contributed by atoms with Gasteiger partial charge in [0.25, 0.3) is 0 Å². The van der Waals surface area contributed by atoms with Crippen LogP contribution in [0, 0.1) is 0 Å². The molecule has 0 amide bonds. The summed E-state index contributed by atoms with van der Waals surface area (Å²) >= 11 is 0. The van der Waals surface area contributed by atoms with Gasteiger partial charge in [-0.05, 0) is 29.8 Å². The fourth-order valence-corrected chi connectivity index (χ4v) is 3.44. The number of phenols is 1. The predicted octanol–water partition coefficient (Wildman–Crippen LogP) is 2.17. The molecule has 2 aliphatic heterocycles. The van der Waals surface area contributed by atoms with Crippen molar-refractivity contribution in [3.05, 3.63) is 59.2 Å². The zero-order valence-corrected chi connectivity index (χ0v) is 11.7. The van der Waals surface area contributed by atoms with Crippen molar-refractivity contribution in [2.75, 3.05) is 11.9 Å². The van der Waals surface area contributed by atoms with E-state index < -0.39 is 6.10 Å². The fourth-order valence-electron chi connectivity index (χ4n) is 3.44. The SMILES string of the molecule is O=C1OC(C2c3ccccc3NC2CO)c2cc(O)ccc21. The summed E-state index contributed by atoms with van der Waals surface area (Å²) in [5.74, 6) is -0.476. The Morgan fingerprint density at radius 2 is 1.95 bits per heavy atom. The number of cyclic esters (lactones) is 1. The maximum atomic E-state index is 12.1. The maximum Gasteiger partial charge on any atom is 0.339 e. The molecule has 3 unspecified atom stereocenters. The molecule has 0 aliphatic carbocycles. The summed E-state index contributed by atoms with van der Waals surface area (Å²) < 4.78 is 5.56. The summed E-state index contributed by atoms with van der Waals surface area (Å²) in [7, 11) is 0. The van der Waals surface area contributed by atoms with Crippen LogP contribution in [0.3, 0.4) is 0 Å². The molecule has 0 saturated heterocycles. The molecule has 0 aromatic heterocycles. The third-order valence-corrected chi connectivity index (χ3v) is 4.41. The van der Waals surface area contributed by atoms with Gasteiger partial charge >= 0.3 is 5.97 Å². The summed E-state index contributed by atoms with van der Waals surface area (Å²) in [5, 5.41) is 22.7. The molecule has 0 fully saturated rings. The van der Waals surface area contributed by atoms with E-state index in [-0.39, 0.29) is 30.3 Å². The summed E-state index contributed by atoms with van der Waals surface area (Å²) in [5.41, 5.74) is 3.10. The highest BCUT2D eigenvalue weighted by Crippen LogP contribution is 2.49. The molecule has 112 valence electrons. The van der Waals surface area contributed by atoms with Gasteiger partial charge in [-0.25, -0.2) is 4.79 Å². The van der Waals surface area contributed by atoms with Gasteiger partial charge in [0.05, 0.1) is 18.2 Å². The van der Waals surface area contributed by atoms with Crippen molar-refractivity contribution < 1.29 is 19.7 Å². The van der Waals surface area contributed by atoms with Crippen molar-refractivity contribution in [3.8, 4) is 5.75 Å². The third kappa shape index (κ3) is 1.79. The zero-order chi connectivity index (χ0) is 15.3. The second-order valence-electron chi connectivity index (χ2n) is 5.64. The Morgan fingerprint density at radius 3 is 2.77 bits per heavy atom. The Balaban J connectivity index is 1.83. The molecule has 0 saturated carbocycles. The smallest absolute Gasteiger partial charge is 0.339 e. The minimum Gasteiger partial charge on any atom is -0.508 e. The molecule has 3 atom stereocenters. The molecule has 2 heterocycles. The third-order valence-electron chi connectivity index (χ3n) is 4.41. The van der Waals surface area contributed by atoms with Gasteiger partial charge < -0.3 is 20.3 Å². The first-order valence-corrected chi connectivity index (χ1v) is 7.19. The number of phenolic OH excluding ortho intramolecular Hbond substituents is 1. The number of aromatic hydroxyl groups is 1. The number of carbonyl (C=O) groups is 1. The Kier molecular flexibility index (Phi) is 2.84. The summed E-state index contributed by atoms with van der Waals surface area (Å²) in [6.07, 6.45) is -0.511. The van der Waals surface area contributed by atoms with Gasteiger partial charge in [0.1, 0.15) is 11.9 Å². The molecule has 0 bridgehead atoms. The average molecular weight is 297 g/mol. The van der Waals surface area contributed by atoms with Crippen LogP contribution in [-0.2, 0) is 4.74 Å². The van der Waals surface area contributed by atoms with Crippen LogP contribution in [0.2, 0.25) is 0 Å². The molecule has 2 aliphatic rings. The highest BCUT2D eigenvalue weighted by Gasteiger charge is 2.44. The van der Waals surface area contributed by atoms with E-state index in [1.165, 1.54) is 6.07 Å². The van der Waals surface area contributed by atoms with Crippen LogP contribution < -0.4 is 5.32 Å². The first-order chi connectivity index (χ1) is 10.7. The summed E-state index contributed by atoms with van der Waals surface area (Å²) in [6, 6.07) is 12.2. The number of para-hydroxylation sites is 1. The maximum absolute atomic E-state index is 12.1. The first kappa shape index (κ1) is 13.2. The monoisotopic (exact) mass is 297 g/mol. The highest BCUT2D eigenvalue weighted by molar-refractivity contribution is 5.94. The van der Waals surface area contributed by atoms with E-state index in [0.29, 0.717) is 11.1 Å². The molecule has 0 radical (unpaired) electrons. The second-order valence-corrected chi connectivity index (χ2v) is 5.64. The lowest BCUT2D eigenvalue weighted by atomic mass is 9.85. The summed E-state index contributed by atoms with van der Waals surface area (Å²) in [4.78, 5) is 12.1. The average Bonchev–Trinajstić information content (AvgIpc) is 3.04. The lowest BCUT2D eigenvalue weighted by molar-refractivity contribution is 0.0296. The van der Waals surface area contributed by atoms with E-state index in [1.54, 1.807) is 12.1 Å². The lowest BCUT2D eigenvalue weighted by Gasteiger charge is -2.24. The Hall–Kier alpha value is -2.53. The van der Waals surface area contributed by atoms with Crippen molar-refractivity contribution in [1.82, 2.24) is 0 Å². The highest BCUT2D eigenvalue weighted by atomic mass is 16.5. The number of aliphatic hydroxyl groups is 1. The van der Waals surface area contributed by atoms with Crippen LogP contribution in [0.5, 0.6) is 5.75 Å². The lowest BCUT2D eigenvalue weighted by Crippen LogP contribution is -2.29. The quantitative estimate of drug-likeness (QED) is 0.740. The van der Waals surface area contributed by atoms with Crippen molar-refractivity contribution >= 4 is 11.7 Å². The van der Waals surface area contributed by atoms with Crippen LogP contribution in [0.1, 0.15) is 33.5 Å². The Bertz CT molecular complexity index is 758. The fraction of sp³-hybridized carbons (Fsp3) is 0.235. The molecular weight excluding hydrogens is 282 g/mol. The first-order valence-electron chi connectivity index (χ1n) is 7.19. The number of fused-ring (bicyclic) bond motifs is 2. The number of aliphatic hydroxyl groups excluding tert-OH is 1. The molecule has 2 aromatic rings. The minimum absolute atomic E-state index is 0.0679. The van der Waals surface area contributed by atoms with E-state index in [4.69, 9.17) is 4.74 Å². The van der Waals surface area contributed by atoms with E-state index in [0.717, 1.165) is 11.3 Å². The molecule has 5 heteroatoms. The number of anilines is 1. The standard InChI is InChI=1S/C17H15NO4/c19-8-14-15(11-3-1-2-4-13(11)18-14)16-12-7-9(20)5-6-10(12)17(21)22-16/h1-7,14-16,18-20H,8H2. The van der Waals surface area contributed by atoms with E-state index in [1.807, 2.05) is 24.3 Å². The number of hydrogen-bond acceptors (Lipinski definition) is 5. The molecule has 0 spiro atoms. The Morgan fingerprint density at radius 1 is 1.14 bits per heavy atom. The van der Waals surface area contributed by atoms with Crippen molar-refractivity contribution in [3.63, 3.8) is 0 Å². The molecule has 3 N–H and O–H groups in total. The van der Waals surface area contributed by atoms with E-state index >= 15 is 0 Å². The van der Waals surface area contributed by atoms with Crippen LogP contribution >= 0.6 is 0 Å². The molecular formula is C17H15NO4. The van der Waals surface area contributed by atoms with Gasteiger partial charge in [-0.2, -0.15) is 0 Å². The number of benzene rings is 2. The zero-order valence-electron chi connectivity index (χ0n) is 11.7. The number of rotatable bonds is 2. The molecule has 5 nitrogen and oxygen atoms in total. The number of ether oxygens (including phenoxy) is 1. The van der Waals surface area contributed by atoms with Gasteiger partial charge in [0, 0.05) is 17.2 Å². The number of carbonyl (C=O) groups excluding carboxylic acids is 1. The van der Waals surface area contributed by atoms with Gasteiger partial charge in [-0.15, -0.1) is 0 Å². The molecule has 2 aromatic carbocycles. The van der Waals surface area contributed by atoms with Crippen LogP contribution in [0.25, 0.3) is 0 Å². The van der Waals surface area contributed by atoms with Crippen molar-refractivity contribution in [1.29, 1.82) is 0 Å². The normalized spacial score (nSPS) is 25.3. The van der Waals surface area contributed by atoms with Gasteiger partial charge in [-0.3, -0.25) is 0 Å². The number of esters is 1. The molecule has 22 heavy (non-hydrogen) atoms. The van der Waals surface area contributed by atoms with Crippen LogP contribution in [0.15, 0.2) is 42.5 Å². The van der Waals surface area contributed by atoms with Gasteiger partial charge in [0.2, 0.25) is 0 Å². The predicted molar refractivity (Wildman–Crippen MR) is 79.9 cm³/mol. The topological polar surface area (TPSA) is 78.8 Å². The van der Waals surface area contributed by atoms with E-state index in [2.05, 4.69) is 5.32 Å². The van der Waals surface area contributed by atoms with Crippen LogP contribution in [0.4, 0.5) is 5.69 Å². The van der Waals surface area contributed by atoms with Crippen molar-refractivity contribution in [2.45, 2.75) is 18.1 Å². The Labute approximate surface area is 127 Å². The van der Waals surface area contributed by atoms with Crippen LogP contribution in [-0.4, -0.2) is 28.8 Å². The van der Waals surface area contributed by atoms with E-state index in [9.17, 15) is 15.0 Å². The summed E-state index contributed by atoms with van der Waals surface area (Å²) in [6.45, 7) is -0.0679. The van der Waals surface area contributed by atoms with Gasteiger partial charge in [-0.1, -0.05) is 18.2 Å².